The van der Waals surface area contributed by atoms with E-state index >= 15 is 0 Å². The molecule has 0 aliphatic carbocycles. The first-order valence-electron chi connectivity index (χ1n) is 4.58. The van der Waals surface area contributed by atoms with Crippen LogP contribution in [0.5, 0.6) is 0 Å². The summed E-state index contributed by atoms with van der Waals surface area (Å²) in [6.07, 6.45) is 0. The minimum Gasteiger partial charge on any atom is -0.361 e. The van der Waals surface area contributed by atoms with Crippen molar-refractivity contribution in [2.24, 2.45) is 0 Å². The summed E-state index contributed by atoms with van der Waals surface area (Å²) in [6, 6.07) is 1.76. The minimum absolute atomic E-state index is 0.0303. The quantitative estimate of drug-likeness (QED) is 0.769. The predicted octanol–water partition coefficient (Wildman–Crippen LogP) is -0.232. The lowest BCUT2D eigenvalue weighted by Crippen LogP contribution is -2.27. The zero-order chi connectivity index (χ0) is 11.5. The van der Waals surface area contributed by atoms with Gasteiger partial charge < -0.3 is 9.42 Å². The van der Waals surface area contributed by atoms with Crippen LogP contribution in [0.25, 0.3) is 0 Å². The third-order valence-corrected chi connectivity index (χ3v) is 1.96. The van der Waals surface area contributed by atoms with E-state index in [1.807, 2.05) is 0 Å². The molecule has 2 heterocycles. The largest absolute Gasteiger partial charge is 0.361 e. The number of amides is 1. The van der Waals surface area contributed by atoms with Gasteiger partial charge in [0.05, 0.1) is 6.54 Å². The number of nitrogens with one attached hydrogen (secondary N) is 1. The Bertz CT molecular complexity index is 476. The molecule has 0 aromatic carbocycles. The summed E-state index contributed by atoms with van der Waals surface area (Å²) in [5.41, 5.74) is 0.678. The van der Waals surface area contributed by atoms with Crippen molar-refractivity contribution in [2.75, 3.05) is 7.05 Å². The number of H-pyrrole nitrogens is 1. The lowest BCUT2D eigenvalue weighted by molar-refractivity contribution is 0.0770. The molecule has 0 unspecified atom stereocenters. The van der Waals surface area contributed by atoms with Crippen molar-refractivity contribution in [1.82, 2.24) is 30.7 Å². The first-order chi connectivity index (χ1) is 7.66. The first-order valence-corrected chi connectivity index (χ1v) is 4.58. The number of aromatic amines is 1. The Morgan fingerprint density at radius 3 is 3.00 bits per heavy atom. The smallest absolute Gasteiger partial charge is 0.295 e. The average molecular weight is 222 g/mol. The van der Waals surface area contributed by atoms with Gasteiger partial charge in [0, 0.05) is 13.1 Å². The van der Waals surface area contributed by atoms with Crippen LogP contribution in [0.1, 0.15) is 22.1 Å². The van der Waals surface area contributed by atoms with E-state index in [0.717, 1.165) is 0 Å². The molecule has 16 heavy (non-hydrogen) atoms. The molecular weight excluding hydrogens is 212 g/mol. The zero-order valence-corrected chi connectivity index (χ0v) is 8.84. The predicted molar refractivity (Wildman–Crippen MR) is 51.2 cm³/mol. The maximum atomic E-state index is 11.7. The van der Waals surface area contributed by atoms with Crippen molar-refractivity contribution in [3.8, 4) is 0 Å². The topological polar surface area (TPSA) is 101 Å². The van der Waals surface area contributed by atoms with E-state index in [1.165, 1.54) is 4.90 Å². The summed E-state index contributed by atoms with van der Waals surface area (Å²) in [4.78, 5) is 13.1. The number of nitrogens with zero attached hydrogens (tertiary/aromatic N) is 5. The fourth-order valence-electron chi connectivity index (χ4n) is 1.23. The van der Waals surface area contributed by atoms with Gasteiger partial charge in [0.1, 0.15) is 11.5 Å². The minimum atomic E-state index is -0.325. The molecule has 8 heteroatoms. The Hall–Kier alpha value is -2.25. The van der Waals surface area contributed by atoms with Crippen LogP contribution in [0.15, 0.2) is 10.6 Å². The highest BCUT2D eigenvalue weighted by atomic mass is 16.5. The normalized spacial score (nSPS) is 10.4. The Balaban J connectivity index is 2.03. The SMILES string of the molecule is Cc1cc(CN(C)C(=O)c2nn[nH]n2)no1. The fraction of sp³-hybridized carbons (Fsp3) is 0.375. The van der Waals surface area contributed by atoms with Crippen LogP contribution in [-0.2, 0) is 6.54 Å². The molecule has 0 atom stereocenters. The molecule has 0 saturated carbocycles. The Morgan fingerprint density at radius 1 is 1.62 bits per heavy atom. The average Bonchev–Trinajstić information content (AvgIpc) is 2.88. The standard InChI is InChI=1S/C8H10N6O2/c1-5-3-6(11-16-5)4-14(2)8(15)7-9-12-13-10-7/h3H,4H2,1-2H3,(H,9,10,12,13). The summed E-state index contributed by atoms with van der Waals surface area (Å²) in [5.74, 6) is 0.410. The fourth-order valence-corrected chi connectivity index (χ4v) is 1.23. The molecule has 84 valence electrons. The van der Waals surface area contributed by atoms with Crippen LogP contribution >= 0.6 is 0 Å². The molecule has 0 bridgehead atoms. The number of carbonyl (C=O) groups is 1. The van der Waals surface area contributed by atoms with Crippen molar-refractivity contribution >= 4 is 5.91 Å². The number of aromatic nitrogens is 5. The molecule has 0 aliphatic rings. The summed E-state index contributed by atoms with van der Waals surface area (Å²) in [7, 11) is 1.63. The summed E-state index contributed by atoms with van der Waals surface area (Å²) in [6.45, 7) is 2.13. The van der Waals surface area contributed by atoms with E-state index in [0.29, 0.717) is 18.0 Å². The number of carbonyl (C=O) groups excluding carboxylic acids is 1. The number of tetrazole rings is 1. The Morgan fingerprint density at radius 2 is 2.44 bits per heavy atom. The van der Waals surface area contributed by atoms with Gasteiger partial charge in [-0.05, 0) is 12.1 Å². The second kappa shape index (κ2) is 4.09. The van der Waals surface area contributed by atoms with E-state index in [1.54, 1.807) is 20.0 Å². The van der Waals surface area contributed by atoms with Crippen LogP contribution in [0.3, 0.4) is 0 Å². The molecule has 1 amide bonds. The molecule has 0 fully saturated rings. The van der Waals surface area contributed by atoms with E-state index in [4.69, 9.17) is 4.52 Å². The van der Waals surface area contributed by atoms with Gasteiger partial charge in [-0.25, -0.2) is 0 Å². The van der Waals surface area contributed by atoms with Crippen molar-refractivity contribution in [3.05, 3.63) is 23.3 Å². The molecule has 0 aliphatic heterocycles. The second-order valence-corrected chi connectivity index (χ2v) is 3.33. The van der Waals surface area contributed by atoms with Crippen LogP contribution in [0, 0.1) is 6.92 Å². The van der Waals surface area contributed by atoms with Gasteiger partial charge in [0.25, 0.3) is 11.7 Å². The molecule has 0 spiro atoms. The van der Waals surface area contributed by atoms with Crippen LogP contribution < -0.4 is 0 Å². The summed E-state index contributed by atoms with van der Waals surface area (Å²) >= 11 is 0. The van der Waals surface area contributed by atoms with Gasteiger partial charge in [-0.1, -0.05) is 5.16 Å². The highest BCUT2D eigenvalue weighted by Crippen LogP contribution is 2.05. The van der Waals surface area contributed by atoms with Crippen LogP contribution in [-0.4, -0.2) is 43.6 Å². The molecular formula is C8H10N6O2. The summed E-state index contributed by atoms with van der Waals surface area (Å²) < 4.78 is 4.90. The molecule has 2 rings (SSSR count). The van der Waals surface area contributed by atoms with Gasteiger partial charge in [0.2, 0.25) is 0 Å². The second-order valence-electron chi connectivity index (χ2n) is 3.33. The highest BCUT2D eigenvalue weighted by molar-refractivity contribution is 5.89. The van der Waals surface area contributed by atoms with E-state index in [2.05, 4.69) is 25.8 Å². The third-order valence-electron chi connectivity index (χ3n) is 1.96. The van der Waals surface area contributed by atoms with E-state index < -0.39 is 0 Å². The van der Waals surface area contributed by atoms with Gasteiger partial charge in [0.15, 0.2) is 0 Å². The van der Waals surface area contributed by atoms with E-state index in [9.17, 15) is 4.79 Å². The lowest BCUT2D eigenvalue weighted by Gasteiger charge is -2.12. The molecule has 1 N–H and O–H groups in total. The molecule has 0 radical (unpaired) electrons. The lowest BCUT2D eigenvalue weighted by atomic mass is 10.3. The number of hydrogen-bond donors (Lipinski definition) is 1. The van der Waals surface area contributed by atoms with Gasteiger partial charge >= 0.3 is 0 Å². The molecule has 0 saturated heterocycles. The van der Waals surface area contributed by atoms with Crippen molar-refractivity contribution in [2.45, 2.75) is 13.5 Å². The van der Waals surface area contributed by atoms with Gasteiger partial charge in [-0.2, -0.15) is 5.21 Å². The maximum absolute atomic E-state index is 11.7. The highest BCUT2D eigenvalue weighted by Gasteiger charge is 2.17. The van der Waals surface area contributed by atoms with E-state index in [-0.39, 0.29) is 11.7 Å². The number of rotatable bonds is 3. The molecule has 8 nitrogen and oxygen atoms in total. The maximum Gasteiger partial charge on any atom is 0.295 e. The zero-order valence-electron chi connectivity index (χ0n) is 8.84. The van der Waals surface area contributed by atoms with Crippen molar-refractivity contribution in [3.63, 3.8) is 0 Å². The molecule has 2 aromatic heterocycles. The van der Waals surface area contributed by atoms with Crippen LogP contribution in [0.4, 0.5) is 0 Å². The number of aryl methyl sites for hydroxylation is 1. The van der Waals surface area contributed by atoms with Crippen molar-refractivity contribution < 1.29 is 9.32 Å². The Labute approximate surface area is 90.6 Å². The van der Waals surface area contributed by atoms with Gasteiger partial charge in [-0.3, -0.25) is 4.79 Å². The molecule has 2 aromatic rings. The Kier molecular flexibility index (Phi) is 2.63. The van der Waals surface area contributed by atoms with Crippen LogP contribution in [0.2, 0.25) is 0 Å². The first kappa shape index (κ1) is 10.3. The van der Waals surface area contributed by atoms with Crippen molar-refractivity contribution in [1.29, 1.82) is 0 Å². The third kappa shape index (κ3) is 2.05. The van der Waals surface area contributed by atoms with Gasteiger partial charge in [-0.15, -0.1) is 10.2 Å². The number of hydrogen-bond acceptors (Lipinski definition) is 6. The monoisotopic (exact) mass is 222 g/mol. The summed E-state index contributed by atoms with van der Waals surface area (Å²) in [5, 5.41) is 16.5.